The third kappa shape index (κ3) is 4.30. The molecule has 1 fully saturated rings. The molecule has 2 rings (SSSR count). The summed E-state index contributed by atoms with van der Waals surface area (Å²) in [6.07, 6.45) is 7.15. The molecular weight excluding hydrogens is 272 g/mol. The van der Waals surface area contributed by atoms with Gasteiger partial charge in [-0.05, 0) is 30.5 Å². The Hall–Kier alpha value is -0.910. The Balaban J connectivity index is 1.85. The summed E-state index contributed by atoms with van der Waals surface area (Å²) in [6.45, 7) is 1.55. The monoisotopic (exact) mass is 296 g/mol. The van der Waals surface area contributed by atoms with Crippen LogP contribution in [-0.4, -0.2) is 26.8 Å². The Morgan fingerprint density at radius 1 is 1.15 bits per heavy atom. The highest BCUT2D eigenvalue weighted by Crippen LogP contribution is 2.25. The molecule has 0 spiro atoms. The van der Waals surface area contributed by atoms with Crippen LogP contribution in [0.15, 0.2) is 29.2 Å². The van der Waals surface area contributed by atoms with Crippen molar-refractivity contribution in [2.45, 2.75) is 49.1 Å². The molecule has 0 saturated heterocycles. The largest absolute Gasteiger partial charge is 0.324 e. The van der Waals surface area contributed by atoms with Gasteiger partial charge >= 0.3 is 0 Å². The van der Waals surface area contributed by atoms with Crippen molar-refractivity contribution in [1.82, 2.24) is 5.32 Å². The van der Waals surface area contributed by atoms with Crippen LogP contribution in [0.1, 0.15) is 37.7 Å². The normalized spacial score (nSPS) is 18.9. The molecule has 0 radical (unpaired) electrons. The number of rotatable bonds is 5. The van der Waals surface area contributed by atoms with Gasteiger partial charge in [-0.3, -0.25) is 0 Å². The van der Waals surface area contributed by atoms with Crippen LogP contribution in [0.25, 0.3) is 0 Å². The summed E-state index contributed by atoms with van der Waals surface area (Å²) in [5.41, 5.74) is 7.38. The molecule has 0 bridgehead atoms. The lowest BCUT2D eigenvalue weighted by Gasteiger charge is -2.33. The van der Waals surface area contributed by atoms with E-state index in [1.807, 2.05) is 12.1 Å². The SMILES string of the molecule is CS(=O)(=O)c1ccc(CNCC2(N)CCCCC2)cc1. The molecule has 0 aliphatic heterocycles. The fourth-order valence-corrected chi connectivity index (χ4v) is 3.37. The van der Waals surface area contributed by atoms with Crippen molar-refractivity contribution in [2.24, 2.45) is 5.73 Å². The second-order valence-electron chi connectivity index (χ2n) is 5.94. The molecule has 0 unspecified atom stereocenters. The van der Waals surface area contributed by atoms with Crippen LogP contribution in [-0.2, 0) is 16.4 Å². The Labute approximate surface area is 121 Å². The number of nitrogens with one attached hydrogen (secondary N) is 1. The maximum absolute atomic E-state index is 11.4. The molecule has 0 atom stereocenters. The molecule has 0 heterocycles. The lowest BCUT2D eigenvalue weighted by molar-refractivity contribution is 0.283. The summed E-state index contributed by atoms with van der Waals surface area (Å²) < 4.78 is 22.7. The molecule has 1 aromatic carbocycles. The highest BCUT2D eigenvalue weighted by atomic mass is 32.2. The second-order valence-corrected chi connectivity index (χ2v) is 7.96. The predicted molar refractivity (Wildman–Crippen MR) is 81.3 cm³/mol. The van der Waals surface area contributed by atoms with Gasteiger partial charge in [0.15, 0.2) is 9.84 Å². The molecule has 1 aliphatic carbocycles. The zero-order valence-corrected chi connectivity index (χ0v) is 12.9. The molecule has 20 heavy (non-hydrogen) atoms. The van der Waals surface area contributed by atoms with E-state index in [0.717, 1.165) is 31.5 Å². The van der Waals surface area contributed by atoms with Crippen molar-refractivity contribution in [2.75, 3.05) is 12.8 Å². The molecule has 112 valence electrons. The van der Waals surface area contributed by atoms with E-state index in [1.165, 1.54) is 25.5 Å². The minimum absolute atomic E-state index is 0.0645. The van der Waals surface area contributed by atoms with E-state index < -0.39 is 9.84 Å². The van der Waals surface area contributed by atoms with E-state index in [1.54, 1.807) is 12.1 Å². The number of benzene rings is 1. The molecule has 1 aliphatic rings. The first-order chi connectivity index (χ1) is 9.39. The zero-order valence-electron chi connectivity index (χ0n) is 12.1. The van der Waals surface area contributed by atoms with Gasteiger partial charge in [-0.2, -0.15) is 0 Å². The van der Waals surface area contributed by atoms with E-state index >= 15 is 0 Å². The maximum Gasteiger partial charge on any atom is 0.175 e. The standard InChI is InChI=1S/C15H24N2O2S/c1-20(18,19)14-7-5-13(6-8-14)11-17-12-15(16)9-3-2-4-10-15/h5-8,17H,2-4,9-12,16H2,1H3. The van der Waals surface area contributed by atoms with Crippen molar-refractivity contribution in [1.29, 1.82) is 0 Å². The van der Waals surface area contributed by atoms with Crippen LogP contribution < -0.4 is 11.1 Å². The van der Waals surface area contributed by atoms with Gasteiger partial charge < -0.3 is 11.1 Å². The highest BCUT2D eigenvalue weighted by Gasteiger charge is 2.26. The van der Waals surface area contributed by atoms with E-state index in [9.17, 15) is 8.42 Å². The van der Waals surface area contributed by atoms with Crippen molar-refractivity contribution < 1.29 is 8.42 Å². The van der Waals surface area contributed by atoms with E-state index in [2.05, 4.69) is 5.32 Å². The summed E-state index contributed by atoms with van der Waals surface area (Å²) in [6, 6.07) is 7.03. The quantitative estimate of drug-likeness (QED) is 0.869. The maximum atomic E-state index is 11.4. The van der Waals surface area contributed by atoms with E-state index in [4.69, 9.17) is 5.73 Å². The van der Waals surface area contributed by atoms with Crippen molar-refractivity contribution in [3.05, 3.63) is 29.8 Å². The van der Waals surface area contributed by atoms with Gasteiger partial charge in [0.1, 0.15) is 0 Å². The Morgan fingerprint density at radius 3 is 2.30 bits per heavy atom. The Bertz CT molecular complexity index is 531. The average molecular weight is 296 g/mol. The van der Waals surface area contributed by atoms with Crippen LogP contribution in [0.5, 0.6) is 0 Å². The lowest BCUT2D eigenvalue weighted by atomic mass is 9.82. The first-order valence-electron chi connectivity index (χ1n) is 7.18. The smallest absolute Gasteiger partial charge is 0.175 e. The minimum atomic E-state index is -3.11. The molecular formula is C15H24N2O2S. The zero-order chi connectivity index (χ0) is 14.6. The molecule has 5 heteroatoms. The average Bonchev–Trinajstić information content (AvgIpc) is 2.39. The summed E-state index contributed by atoms with van der Waals surface area (Å²) in [5, 5.41) is 3.40. The number of hydrogen-bond donors (Lipinski definition) is 2. The van der Waals surface area contributed by atoms with Crippen LogP contribution >= 0.6 is 0 Å². The van der Waals surface area contributed by atoms with Gasteiger partial charge in [-0.15, -0.1) is 0 Å². The van der Waals surface area contributed by atoms with Gasteiger partial charge in [-0.25, -0.2) is 8.42 Å². The third-order valence-corrected chi connectivity index (χ3v) is 5.14. The molecule has 1 aromatic rings. The second kappa shape index (κ2) is 6.24. The topological polar surface area (TPSA) is 72.2 Å². The van der Waals surface area contributed by atoms with Gasteiger partial charge in [0.05, 0.1) is 4.90 Å². The Kier molecular flexibility index (Phi) is 4.83. The summed E-state index contributed by atoms with van der Waals surface area (Å²) in [7, 11) is -3.11. The summed E-state index contributed by atoms with van der Waals surface area (Å²) >= 11 is 0. The van der Waals surface area contributed by atoms with E-state index in [0.29, 0.717) is 4.90 Å². The number of hydrogen-bond acceptors (Lipinski definition) is 4. The fourth-order valence-electron chi connectivity index (χ4n) is 2.74. The summed E-state index contributed by atoms with van der Waals surface area (Å²) in [4.78, 5) is 0.365. The minimum Gasteiger partial charge on any atom is -0.324 e. The first kappa shape index (κ1) is 15.5. The van der Waals surface area contributed by atoms with Crippen LogP contribution in [0.4, 0.5) is 0 Å². The summed E-state index contributed by atoms with van der Waals surface area (Å²) in [5.74, 6) is 0. The van der Waals surface area contributed by atoms with Crippen LogP contribution in [0, 0.1) is 0 Å². The predicted octanol–water partition coefficient (Wildman–Crippen LogP) is 1.84. The van der Waals surface area contributed by atoms with Crippen LogP contribution in [0.2, 0.25) is 0 Å². The van der Waals surface area contributed by atoms with Gasteiger partial charge in [0.2, 0.25) is 0 Å². The fraction of sp³-hybridized carbons (Fsp3) is 0.600. The van der Waals surface area contributed by atoms with Gasteiger partial charge in [0.25, 0.3) is 0 Å². The molecule has 0 aromatic heterocycles. The Morgan fingerprint density at radius 2 is 1.75 bits per heavy atom. The van der Waals surface area contributed by atoms with Crippen LogP contribution in [0.3, 0.4) is 0 Å². The molecule has 0 amide bonds. The van der Waals surface area contributed by atoms with Gasteiger partial charge in [0, 0.05) is 24.9 Å². The third-order valence-electron chi connectivity index (χ3n) is 4.01. The van der Waals surface area contributed by atoms with Gasteiger partial charge in [-0.1, -0.05) is 31.4 Å². The highest BCUT2D eigenvalue weighted by molar-refractivity contribution is 7.90. The van der Waals surface area contributed by atoms with Crippen molar-refractivity contribution in [3.63, 3.8) is 0 Å². The first-order valence-corrected chi connectivity index (χ1v) is 9.07. The number of nitrogens with two attached hydrogens (primary N) is 1. The lowest BCUT2D eigenvalue weighted by Crippen LogP contribution is -2.49. The van der Waals surface area contributed by atoms with Crippen molar-refractivity contribution in [3.8, 4) is 0 Å². The molecule has 1 saturated carbocycles. The number of sulfone groups is 1. The molecule has 4 nitrogen and oxygen atoms in total. The van der Waals surface area contributed by atoms with Crippen molar-refractivity contribution >= 4 is 9.84 Å². The molecule has 3 N–H and O–H groups in total. The van der Waals surface area contributed by atoms with E-state index in [-0.39, 0.29) is 5.54 Å².